The van der Waals surface area contributed by atoms with Gasteiger partial charge in [-0.3, -0.25) is 0 Å². The van der Waals surface area contributed by atoms with E-state index >= 15 is 0 Å². The molecule has 4 aromatic rings. The second-order valence-electron chi connectivity index (χ2n) is 7.14. The lowest BCUT2D eigenvalue weighted by atomic mass is 10.3. The van der Waals surface area contributed by atoms with Crippen LogP contribution in [0.25, 0.3) is 41.8 Å². The molecule has 0 saturated heterocycles. The predicted molar refractivity (Wildman–Crippen MR) is 203 cm³/mol. The Labute approximate surface area is 317 Å². The lowest BCUT2D eigenvalue weighted by Crippen LogP contribution is -1.67. The summed E-state index contributed by atoms with van der Waals surface area (Å²) in [5.74, 6) is 0. The van der Waals surface area contributed by atoms with E-state index in [0.717, 1.165) is 35.8 Å². The van der Waals surface area contributed by atoms with Crippen molar-refractivity contribution in [3.8, 4) is 0 Å². The van der Waals surface area contributed by atoms with Crippen molar-refractivity contribution in [1.29, 1.82) is 0 Å². The van der Waals surface area contributed by atoms with Gasteiger partial charge in [-0.05, 0) is 94.9 Å². The molecule has 4 rings (SSSR count). The smallest absolute Gasteiger partial charge is 0.0528 e. The zero-order valence-corrected chi connectivity index (χ0v) is 34.0. The fraction of sp³-hybridized carbons (Fsp3) is 0. The van der Waals surface area contributed by atoms with E-state index in [4.69, 9.17) is 22.1 Å². The molecule has 0 aliphatic heterocycles. The first kappa shape index (κ1) is 40.0. The number of rotatable bonds is 4. The van der Waals surface area contributed by atoms with Gasteiger partial charge in [0.25, 0.3) is 0 Å². The lowest BCUT2D eigenvalue weighted by Gasteiger charge is -1.95. The van der Waals surface area contributed by atoms with Crippen molar-refractivity contribution in [2.75, 3.05) is 0 Å². The van der Waals surface area contributed by atoms with Gasteiger partial charge in [0.15, 0.2) is 0 Å². The summed E-state index contributed by atoms with van der Waals surface area (Å²) in [4.78, 5) is 10.7. The summed E-state index contributed by atoms with van der Waals surface area (Å²) in [6, 6.07) is 21.7. The summed E-state index contributed by atoms with van der Waals surface area (Å²) in [5, 5.41) is 13.9. The highest BCUT2D eigenvalue weighted by molar-refractivity contribution is 9.11. The molecule has 0 unspecified atom stereocenters. The van der Waals surface area contributed by atoms with Crippen LogP contribution in [0.2, 0.25) is 0 Å². The molecule has 0 aliphatic rings. The molecule has 0 amide bonds. The van der Waals surface area contributed by atoms with Crippen LogP contribution in [0, 0.1) is 0 Å². The van der Waals surface area contributed by atoms with Gasteiger partial charge in [-0.15, -0.1) is 0 Å². The Morgan fingerprint density at radius 2 is 0.523 bits per heavy atom. The number of halogens is 8. The minimum atomic E-state index is 0.585. The molecule has 0 N–H and O–H groups in total. The molecule has 0 aliphatic carbocycles. The van der Waals surface area contributed by atoms with Crippen LogP contribution >= 0.6 is 127 Å². The van der Waals surface area contributed by atoms with Gasteiger partial charge in [-0.2, -0.15) is 0 Å². The summed E-state index contributed by atoms with van der Waals surface area (Å²) >= 11 is 26.0. The third-order valence-electron chi connectivity index (χ3n) is 4.24. The van der Waals surface area contributed by atoms with E-state index in [0.29, 0.717) is 22.7 Å². The largest absolute Gasteiger partial charge is 0.0596 e. The number of nitrogens with zero attached hydrogens (tertiary/aromatic N) is 12. The fourth-order valence-corrected chi connectivity index (χ4v) is 5.14. The van der Waals surface area contributed by atoms with Crippen LogP contribution in [0.15, 0.2) is 129 Å². The van der Waals surface area contributed by atoms with Crippen LogP contribution in [0.3, 0.4) is 0 Å². The van der Waals surface area contributed by atoms with Crippen LogP contribution in [-0.4, -0.2) is 0 Å². The maximum atomic E-state index is 8.16. The number of benzene rings is 4. The Kier molecular flexibility index (Phi) is 20.4. The second kappa shape index (κ2) is 22.5. The van der Waals surface area contributed by atoms with Gasteiger partial charge in [-0.1, -0.05) is 148 Å². The van der Waals surface area contributed by atoms with E-state index in [2.05, 4.69) is 168 Å². The zero-order valence-electron chi connectivity index (χ0n) is 21.3. The van der Waals surface area contributed by atoms with Crippen molar-refractivity contribution in [2.24, 2.45) is 20.5 Å². The van der Waals surface area contributed by atoms with Gasteiger partial charge < -0.3 is 0 Å². The van der Waals surface area contributed by atoms with Crippen molar-refractivity contribution in [1.82, 2.24) is 0 Å². The van der Waals surface area contributed by atoms with E-state index in [-0.39, 0.29) is 0 Å². The van der Waals surface area contributed by atoms with Crippen LogP contribution in [0.5, 0.6) is 0 Å². The Hall–Kier alpha value is -2.04. The predicted octanol–water partition coefficient (Wildman–Crippen LogP) is 16.6. The summed E-state index contributed by atoms with van der Waals surface area (Å²) < 4.78 is 6.73. The molecule has 0 atom stereocenters. The Morgan fingerprint density at radius 3 is 0.682 bits per heavy atom. The van der Waals surface area contributed by atoms with Gasteiger partial charge in [0.2, 0.25) is 0 Å². The molecule has 0 heterocycles. The Balaban J connectivity index is 0.000000293. The average molecular weight is 1110 g/mol. The lowest BCUT2D eigenvalue weighted by molar-refractivity contribution is 1.44. The molecule has 0 saturated carbocycles. The van der Waals surface area contributed by atoms with Crippen molar-refractivity contribution >= 4 is 150 Å². The summed E-state index contributed by atoms with van der Waals surface area (Å²) in [6.07, 6.45) is 0. The third-order valence-corrected chi connectivity index (χ3v) is 8.90. The molecule has 224 valence electrons. The number of hydrogen-bond acceptors (Lipinski definition) is 4. The minimum absolute atomic E-state index is 0.585. The standard InChI is InChI=1S/4C6H3Br2N3/c4*7-4-1-2-5(8)6(3-4)10-11-9/h4*1-3H. The Morgan fingerprint density at radius 1 is 0.341 bits per heavy atom. The van der Waals surface area contributed by atoms with E-state index in [9.17, 15) is 0 Å². The van der Waals surface area contributed by atoms with Crippen molar-refractivity contribution in [2.45, 2.75) is 0 Å². The van der Waals surface area contributed by atoms with Crippen LogP contribution in [0.4, 0.5) is 22.7 Å². The first-order valence-electron chi connectivity index (χ1n) is 11.0. The normalized spacial score (nSPS) is 8.91. The number of hydrogen-bond donors (Lipinski definition) is 0. The summed E-state index contributed by atoms with van der Waals surface area (Å²) in [5.41, 5.74) is 35.0. The van der Waals surface area contributed by atoms with E-state index < -0.39 is 0 Å². The van der Waals surface area contributed by atoms with E-state index in [1.807, 2.05) is 48.5 Å². The quantitative estimate of drug-likeness (QED) is 0.107. The maximum absolute atomic E-state index is 8.16. The van der Waals surface area contributed by atoms with Crippen molar-refractivity contribution in [3.63, 3.8) is 0 Å². The van der Waals surface area contributed by atoms with Crippen LogP contribution < -0.4 is 0 Å². The molecular formula is C24H12Br8N12. The van der Waals surface area contributed by atoms with Crippen molar-refractivity contribution in [3.05, 3.63) is 150 Å². The maximum Gasteiger partial charge on any atom is 0.0528 e. The van der Waals surface area contributed by atoms with Gasteiger partial charge in [0.1, 0.15) is 0 Å². The van der Waals surface area contributed by atoms with Gasteiger partial charge in [0.05, 0.1) is 22.7 Å². The first-order chi connectivity index (χ1) is 20.9. The van der Waals surface area contributed by atoms with E-state index in [1.165, 1.54) is 0 Å². The molecule has 12 nitrogen and oxygen atoms in total. The second-order valence-corrected chi connectivity index (χ2v) is 14.2. The third kappa shape index (κ3) is 15.8. The first-order valence-corrected chi connectivity index (χ1v) is 17.3. The zero-order chi connectivity index (χ0) is 33.1. The molecule has 44 heavy (non-hydrogen) atoms. The minimum Gasteiger partial charge on any atom is -0.0596 e. The van der Waals surface area contributed by atoms with E-state index in [1.54, 1.807) is 24.3 Å². The highest BCUT2D eigenvalue weighted by Crippen LogP contribution is 2.31. The van der Waals surface area contributed by atoms with Gasteiger partial charge >= 0.3 is 0 Å². The molecular weight excluding hydrogens is 1100 g/mol. The van der Waals surface area contributed by atoms with Crippen LogP contribution in [0.1, 0.15) is 0 Å². The monoisotopic (exact) mass is 1100 g/mol. The molecule has 20 heteroatoms. The summed E-state index contributed by atoms with van der Waals surface area (Å²) in [6.45, 7) is 0. The van der Waals surface area contributed by atoms with Crippen LogP contribution in [-0.2, 0) is 0 Å². The average Bonchev–Trinajstić information content (AvgIpc) is 2.98. The molecule has 0 fully saturated rings. The summed E-state index contributed by atoms with van der Waals surface area (Å²) in [7, 11) is 0. The highest BCUT2D eigenvalue weighted by atomic mass is 79.9. The highest BCUT2D eigenvalue weighted by Gasteiger charge is 1.98. The molecule has 0 aromatic heterocycles. The molecule has 0 bridgehead atoms. The SMILES string of the molecule is [N-]=[N+]=Nc1cc(Br)ccc1Br.[N-]=[N+]=Nc1cc(Br)ccc1Br.[N-]=[N+]=Nc1cc(Br)ccc1Br.[N-]=[N+]=Nc1cc(Br)ccc1Br. The number of azide groups is 4. The van der Waals surface area contributed by atoms with Gasteiger partial charge in [0, 0.05) is 55.4 Å². The van der Waals surface area contributed by atoms with Gasteiger partial charge in [-0.25, -0.2) is 0 Å². The molecule has 0 radical (unpaired) electrons. The molecule has 0 spiro atoms. The Bertz CT molecular complexity index is 1530. The topological polar surface area (TPSA) is 195 Å². The molecule has 4 aromatic carbocycles. The fourth-order valence-electron chi connectivity index (χ4n) is 2.44. The van der Waals surface area contributed by atoms with Crippen molar-refractivity contribution < 1.29 is 0 Å².